The maximum Gasteiger partial charge on any atom is 0.322 e. The molecule has 8 heteroatoms. The van der Waals surface area contributed by atoms with Gasteiger partial charge in [0.1, 0.15) is 0 Å². The van der Waals surface area contributed by atoms with Crippen LogP contribution in [-0.2, 0) is 0 Å². The fourth-order valence-electron chi connectivity index (χ4n) is 3.93. The second kappa shape index (κ2) is 7.46. The number of benzene rings is 2. The summed E-state index contributed by atoms with van der Waals surface area (Å²) >= 11 is 0. The number of aryl methyl sites for hydroxylation is 1. The van der Waals surface area contributed by atoms with Crippen LogP contribution in [0.4, 0.5) is 4.79 Å². The summed E-state index contributed by atoms with van der Waals surface area (Å²) in [6.45, 7) is 6.60. The zero-order valence-corrected chi connectivity index (χ0v) is 17.5. The summed E-state index contributed by atoms with van der Waals surface area (Å²) < 4.78 is 16.5. The minimum atomic E-state index is -0.388. The van der Waals surface area contributed by atoms with Gasteiger partial charge in [0, 0.05) is 17.8 Å². The van der Waals surface area contributed by atoms with Gasteiger partial charge in [-0.05, 0) is 44.5 Å². The molecule has 1 aromatic heterocycles. The Morgan fingerprint density at radius 3 is 2.65 bits per heavy atom. The Bertz CT molecular complexity index is 1180. The maximum absolute atomic E-state index is 12.7. The highest BCUT2D eigenvalue weighted by molar-refractivity contribution is 5.86. The highest BCUT2D eigenvalue weighted by atomic mass is 16.7. The molecule has 5 rings (SSSR count). The van der Waals surface area contributed by atoms with Crippen molar-refractivity contribution in [2.75, 3.05) is 13.3 Å². The molecule has 3 heterocycles. The van der Waals surface area contributed by atoms with E-state index in [1.165, 1.54) is 0 Å². The number of carbonyl (C=O) groups excluding carboxylic acids is 1. The van der Waals surface area contributed by atoms with Gasteiger partial charge < -0.3 is 19.3 Å². The fourth-order valence-corrected chi connectivity index (χ4v) is 3.93. The predicted molar refractivity (Wildman–Crippen MR) is 113 cm³/mol. The highest BCUT2D eigenvalue weighted by Crippen LogP contribution is 2.39. The third-order valence-corrected chi connectivity index (χ3v) is 5.61. The maximum atomic E-state index is 12.7. The zero-order chi connectivity index (χ0) is 21.5. The molecule has 3 aromatic rings. The lowest BCUT2D eigenvalue weighted by atomic mass is 9.94. The van der Waals surface area contributed by atoms with Crippen LogP contribution in [0.5, 0.6) is 11.5 Å². The van der Waals surface area contributed by atoms with Crippen LogP contribution in [0, 0.1) is 6.92 Å². The third kappa shape index (κ3) is 3.30. The number of ether oxygens (including phenoxy) is 2. The highest BCUT2D eigenvalue weighted by Gasteiger charge is 2.35. The largest absolute Gasteiger partial charge is 0.454 e. The molecule has 1 atom stereocenters. The van der Waals surface area contributed by atoms with Crippen LogP contribution in [0.15, 0.2) is 52.7 Å². The molecular formula is C23H22N4O4. The standard InChI is InChI=1S/C23H22N4O4/c1-4-27-14(3)19(20(24-23(27)28)15-7-5-13(2)6-8-15)22-25-21(26-31-22)16-9-10-17-18(11-16)30-12-29-17/h5-11,20H,4,12H2,1-3H3,(H,24,28). The van der Waals surface area contributed by atoms with Crippen LogP contribution in [0.2, 0.25) is 0 Å². The third-order valence-electron chi connectivity index (χ3n) is 5.61. The molecule has 0 spiro atoms. The van der Waals surface area contributed by atoms with Crippen LogP contribution >= 0.6 is 0 Å². The van der Waals surface area contributed by atoms with E-state index in [0.29, 0.717) is 29.8 Å². The Morgan fingerprint density at radius 1 is 1.10 bits per heavy atom. The van der Waals surface area contributed by atoms with E-state index in [9.17, 15) is 4.79 Å². The molecule has 0 fully saturated rings. The average Bonchev–Trinajstić information content (AvgIpc) is 3.43. The minimum Gasteiger partial charge on any atom is -0.454 e. The summed E-state index contributed by atoms with van der Waals surface area (Å²) in [6.07, 6.45) is 0. The lowest BCUT2D eigenvalue weighted by molar-refractivity contribution is 0.174. The van der Waals surface area contributed by atoms with Gasteiger partial charge in [0.05, 0.1) is 11.6 Å². The van der Waals surface area contributed by atoms with Crippen LogP contribution in [0.1, 0.15) is 36.9 Å². The Balaban J connectivity index is 1.58. The van der Waals surface area contributed by atoms with Crippen molar-refractivity contribution < 1.29 is 18.8 Å². The number of amides is 2. The van der Waals surface area contributed by atoms with E-state index < -0.39 is 0 Å². The number of nitrogens with zero attached hydrogens (tertiary/aromatic N) is 3. The number of hydrogen-bond donors (Lipinski definition) is 1. The minimum absolute atomic E-state index is 0.148. The van der Waals surface area contributed by atoms with Crippen molar-refractivity contribution in [3.63, 3.8) is 0 Å². The average molecular weight is 418 g/mol. The zero-order valence-electron chi connectivity index (χ0n) is 17.5. The predicted octanol–water partition coefficient (Wildman–Crippen LogP) is 4.29. The number of nitrogens with one attached hydrogen (secondary N) is 1. The molecule has 8 nitrogen and oxygen atoms in total. The number of hydrogen-bond acceptors (Lipinski definition) is 6. The van der Waals surface area contributed by atoms with E-state index in [2.05, 4.69) is 15.5 Å². The van der Waals surface area contributed by atoms with Crippen molar-refractivity contribution in [3.8, 4) is 22.9 Å². The summed E-state index contributed by atoms with van der Waals surface area (Å²) in [6, 6.07) is 13.0. The van der Waals surface area contributed by atoms with Gasteiger partial charge in [-0.15, -0.1) is 0 Å². The summed E-state index contributed by atoms with van der Waals surface area (Å²) in [7, 11) is 0. The molecule has 0 radical (unpaired) electrons. The molecule has 1 unspecified atom stereocenters. The van der Waals surface area contributed by atoms with E-state index in [4.69, 9.17) is 14.0 Å². The lowest BCUT2D eigenvalue weighted by Crippen LogP contribution is -2.45. The Kier molecular flexibility index (Phi) is 4.62. The summed E-state index contributed by atoms with van der Waals surface area (Å²) in [5.74, 6) is 2.16. The van der Waals surface area contributed by atoms with Gasteiger partial charge in [-0.3, -0.25) is 4.90 Å². The second-order valence-corrected chi connectivity index (χ2v) is 7.53. The van der Waals surface area contributed by atoms with Gasteiger partial charge in [0.15, 0.2) is 11.5 Å². The Morgan fingerprint density at radius 2 is 1.87 bits per heavy atom. The van der Waals surface area contributed by atoms with E-state index in [1.54, 1.807) is 4.90 Å². The molecule has 2 aromatic carbocycles. The van der Waals surface area contributed by atoms with Gasteiger partial charge in [-0.25, -0.2) is 4.79 Å². The topological polar surface area (TPSA) is 89.7 Å². The number of carbonyl (C=O) groups is 1. The first kappa shape index (κ1) is 19.2. The van der Waals surface area contributed by atoms with Gasteiger partial charge in [0.25, 0.3) is 5.89 Å². The number of allylic oxidation sites excluding steroid dienone is 1. The van der Waals surface area contributed by atoms with Crippen molar-refractivity contribution in [2.45, 2.75) is 26.8 Å². The molecule has 0 saturated carbocycles. The summed E-state index contributed by atoms with van der Waals surface area (Å²) in [4.78, 5) is 19.0. The molecule has 1 N–H and O–H groups in total. The van der Waals surface area contributed by atoms with Gasteiger partial charge in [-0.1, -0.05) is 35.0 Å². The fraction of sp³-hybridized carbons (Fsp3) is 0.261. The normalized spacial score (nSPS) is 17.8. The number of fused-ring (bicyclic) bond motifs is 1. The molecular weight excluding hydrogens is 396 g/mol. The monoisotopic (exact) mass is 418 g/mol. The molecule has 31 heavy (non-hydrogen) atoms. The van der Waals surface area contributed by atoms with E-state index >= 15 is 0 Å². The molecule has 0 aliphatic carbocycles. The first-order chi connectivity index (χ1) is 15.0. The number of aromatic nitrogens is 2. The number of rotatable bonds is 4. The second-order valence-electron chi connectivity index (χ2n) is 7.53. The summed E-state index contributed by atoms with van der Waals surface area (Å²) in [5, 5.41) is 7.27. The molecule has 0 bridgehead atoms. The van der Waals surface area contributed by atoms with Crippen molar-refractivity contribution >= 4 is 11.6 Å². The van der Waals surface area contributed by atoms with Crippen LogP contribution < -0.4 is 14.8 Å². The first-order valence-electron chi connectivity index (χ1n) is 10.1. The molecule has 0 saturated heterocycles. The quantitative estimate of drug-likeness (QED) is 0.680. The SMILES string of the molecule is CCN1C(=O)NC(c2ccc(C)cc2)C(c2nc(-c3ccc4c(c3)OCO4)no2)=C1C. The summed E-state index contributed by atoms with van der Waals surface area (Å²) in [5.41, 5.74) is 4.43. The van der Waals surface area contributed by atoms with E-state index in [1.807, 2.05) is 63.2 Å². The van der Waals surface area contributed by atoms with Crippen molar-refractivity contribution in [2.24, 2.45) is 0 Å². The van der Waals surface area contributed by atoms with Crippen LogP contribution in [0.3, 0.4) is 0 Å². The van der Waals surface area contributed by atoms with E-state index in [0.717, 1.165) is 28.0 Å². The number of urea groups is 1. The van der Waals surface area contributed by atoms with Crippen molar-refractivity contribution in [3.05, 3.63) is 65.2 Å². The van der Waals surface area contributed by atoms with Gasteiger partial charge in [0.2, 0.25) is 12.6 Å². The van der Waals surface area contributed by atoms with Crippen molar-refractivity contribution in [1.82, 2.24) is 20.4 Å². The van der Waals surface area contributed by atoms with Gasteiger partial charge >= 0.3 is 6.03 Å². The van der Waals surface area contributed by atoms with Crippen LogP contribution in [0.25, 0.3) is 17.0 Å². The first-order valence-corrected chi connectivity index (χ1v) is 10.1. The molecule has 158 valence electrons. The Labute approximate surface area is 179 Å². The Hall–Kier alpha value is -3.81. The molecule has 2 amide bonds. The molecule has 2 aliphatic heterocycles. The van der Waals surface area contributed by atoms with E-state index in [-0.39, 0.29) is 18.9 Å². The smallest absolute Gasteiger partial charge is 0.322 e. The lowest BCUT2D eigenvalue weighted by Gasteiger charge is -2.34. The van der Waals surface area contributed by atoms with Gasteiger partial charge in [-0.2, -0.15) is 4.98 Å². The van der Waals surface area contributed by atoms with Crippen molar-refractivity contribution in [1.29, 1.82) is 0 Å². The van der Waals surface area contributed by atoms with Crippen LogP contribution in [-0.4, -0.2) is 34.4 Å². The molecule has 2 aliphatic rings.